The molecule has 0 amide bonds. The predicted octanol–water partition coefficient (Wildman–Crippen LogP) is 2.71. The maximum absolute atomic E-state index is 12.3. The van der Waals surface area contributed by atoms with Crippen molar-refractivity contribution in [3.8, 4) is 22.6 Å². The number of fused-ring (bicyclic) bond motifs is 1. The molecule has 0 fully saturated rings. The van der Waals surface area contributed by atoms with Crippen LogP contribution in [0.15, 0.2) is 51.9 Å². The van der Waals surface area contributed by atoms with Gasteiger partial charge in [-0.2, -0.15) is 0 Å². The van der Waals surface area contributed by atoms with E-state index in [0.29, 0.717) is 10.9 Å². The lowest BCUT2D eigenvalue weighted by atomic mass is 10.1. The third-order valence-corrected chi connectivity index (χ3v) is 3.28. The second-order valence-corrected chi connectivity index (χ2v) is 5.21. The molecule has 0 saturated carbocycles. The molecule has 0 bridgehead atoms. The van der Waals surface area contributed by atoms with Gasteiger partial charge in [0.1, 0.15) is 17.1 Å². The van der Waals surface area contributed by atoms with Crippen molar-refractivity contribution in [2.75, 3.05) is 0 Å². The van der Waals surface area contributed by atoms with Crippen molar-refractivity contribution in [2.45, 2.75) is 13.8 Å². The van der Waals surface area contributed by atoms with Crippen LogP contribution in [0, 0.1) is 0 Å². The Labute approximate surface area is 141 Å². The smallest absolute Gasteiger partial charge is 0.344 e. The number of carbonyl (C=O) groups is 2. The summed E-state index contributed by atoms with van der Waals surface area (Å²) in [7, 11) is 0. The average Bonchev–Trinajstić information content (AvgIpc) is 2.54. The van der Waals surface area contributed by atoms with Crippen LogP contribution in [-0.2, 0) is 9.59 Å². The topological polar surface area (TPSA) is 95.7 Å². The van der Waals surface area contributed by atoms with Crippen molar-refractivity contribution >= 4 is 22.9 Å². The number of rotatable bonds is 3. The molecule has 2 aromatic heterocycles. The number of esters is 2. The van der Waals surface area contributed by atoms with Crippen LogP contribution < -0.4 is 15.1 Å². The number of hydrogen-bond donors (Lipinski definition) is 0. The van der Waals surface area contributed by atoms with Gasteiger partial charge in [0.15, 0.2) is 0 Å². The number of benzene rings is 1. The van der Waals surface area contributed by atoms with E-state index in [0.717, 1.165) is 0 Å². The fourth-order valence-corrected chi connectivity index (χ4v) is 2.35. The van der Waals surface area contributed by atoms with Gasteiger partial charge in [-0.05, 0) is 12.1 Å². The molecule has 0 aliphatic heterocycles. The first kappa shape index (κ1) is 16.4. The van der Waals surface area contributed by atoms with Crippen LogP contribution in [0.5, 0.6) is 11.5 Å². The standard InChI is InChI=1S/C18H13NO6/c1-10(20)23-13-6-16(24-11(2)21)15-8-14(12-4-3-5-19-9-12)18(22)25-17(15)7-13/h3-9H,1-2H3. The maximum Gasteiger partial charge on any atom is 0.344 e. The molecule has 7 nitrogen and oxygen atoms in total. The summed E-state index contributed by atoms with van der Waals surface area (Å²) in [4.78, 5) is 38.8. The minimum absolute atomic E-state index is 0.105. The van der Waals surface area contributed by atoms with Gasteiger partial charge < -0.3 is 13.9 Å². The van der Waals surface area contributed by atoms with Gasteiger partial charge in [0.2, 0.25) is 0 Å². The van der Waals surface area contributed by atoms with Crippen molar-refractivity contribution in [1.82, 2.24) is 4.98 Å². The summed E-state index contributed by atoms with van der Waals surface area (Å²) in [6.45, 7) is 2.48. The highest BCUT2D eigenvalue weighted by Gasteiger charge is 2.15. The van der Waals surface area contributed by atoms with Crippen LogP contribution in [0.3, 0.4) is 0 Å². The second kappa shape index (κ2) is 6.56. The lowest BCUT2D eigenvalue weighted by Gasteiger charge is -2.10. The van der Waals surface area contributed by atoms with E-state index < -0.39 is 17.6 Å². The first-order valence-electron chi connectivity index (χ1n) is 7.33. The number of pyridine rings is 1. The molecule has 25 heavy (non-hydrogen) atoms. The van der Waals surface area contributed by atoms with Crippen LogP contribution in [0.1, 0.15) is 13.8 Å². The van der Waals surface area contributed by atoms with Crippen molar-refractivity contribution in [3.05, 3.63) is 53.1 Å². The molecular formula is C18H13NO6. The Hall–Kier alpha value is -3.48. The highest BCUT2D eigenvalue weighted by Crippen LogP contribution is 2.33. The van der Waals surface area contributed by atoms with Crippen molar-refractivity contribution in [1.29, 1.82) is 0 Å². The third-order valence-electron chi connectivity index (χ3n) is 3.28. The van der Waals surface area contributed by atoms with Gasteiger partial charge >= 0.3 is 17.6 Å². The van der Waals surface area contributed by atoms with Crippen molar-refractivity contribution in [3.63, 3.8) is 0 Å². The SMILES string of the molecule is CC(=O)Oc1cc(OC(C)=O)c2cc(-c3cccnc3)c(=O)oc2c1. The molecule has 0 radical (unpaired) electrons. The van der Waals surface area contributed by atoms with Gasteiger partial charge in [-0.25, -0.2) is 4.79 Å². The van der Waals surface area contributed by atoms with E-state index in [1.54, 1.807) is 24.4 Å². The minimum atomic E-state index is -0.589. The summed E-state index contributed by atoms with van der Waals surface area (Å²) in [6.07, 6.45) is 3.11. The van der Waals surface area contributed by atoms with Gasteiger partial charge in [0.05, 0.1) is 10.9 Å². The molecule has 0 unspecified atom stereocenters. The quantitative estimate of drug-likeness (QED) is 0.411. The molecule has 3 rings (SSSR count). The van der Waals surface area contributed by atoms with Gasteiger partial charge in [-0.15, -0.1) is 0 Å². The number of carbonyl (C=O) groups excluding carboxylic acids is 2. The fourth-order valence-electron chi connectivity index (χ4n) is 2.35. The summed E-state index contributed by atoms with van der Waals surface area (Å²) >= 11 is 0. The Balaban J connectivity index is 2.25. The maximum atomic E-state index is 12.3. The molecule has 0 N–H and O–H groups in total. The first-order valence-corrected chi connectivity index (χ1v) is 7.33. The van der Waals surface area contributed by atoms with E-state index in [4.69, 9.17) is 13.9 Å². The van der Waals surface area contributed by atoms with Gasteiger partial charge in [0, 0.05) is 43.9 Å². The highest BCUT2D eigenvalue weighted by molar-refractivity contribution is 5.90. The molecule has 0 spiro atoms. The lowest BCUT2D eigenvalue weighted by molar-refractivity contribution is -0.132. The molecule has 1 aromatic carbocycles. The van der Waals surface area contributed by atoms with E-state index in [-0.39, 0.29) is 22.6 Å². The Morgan fingerprint density at radius 3 is 2.48 bits per heavy atom. The van der Waals surface area contributed by atoms with Crippen molar-refractivity contribution < 1.29 is 23.5 Å². The van der Waals surface area contributed by atoms with Crippen LogP contribution in [0.4, 0.5) is 0 Å². The van der Waals surface area contributed by atoms with E-state index in [9.17, 15) is 14.4 Å². The van der Waals surface area contributed by atoms with Crippen LogP contribution in [0.2, 0.25) is 0 Å². The second-order valence-electron chi connectivity index (χ2n) is 5.21. The summed E-state index contributed by atoms with van der Waals surface area (Å²) in [5.74, 6) is -0.887. The molecule has 0 aliphatic rings. The van der Waals surface area contributed by atoms with Gasteiger partial charge in [-0.1, -0.05) is 6.07 Å². The Kier molecular flexibility index (Phi) is 4.30. The zero-order chi connectivity index (χ0) is 18.0. The number of ether oxygens (including phenoxy) is 2. The van der Waals surface area contributed by atoms with E-state index in [1.807, 2.05) is 0 Å². The van der Waals surface area contributed by atoms with Crippen LogP contribution >= 0.6 is 0 Å². The summed E-state index contributed by atoms with van der Waals surface area (Å²) in [5, 5.41) is 0.393. The number of hydrogen-bond acceptors (Lipinski definition) is 7. The summed E-state index contributed by atoms with van der Waals surface area (Å²) in [6, 6.07) is 7.73. The minimum Gasteiger partial charge on any atom is -0.426 e. The molecule has 126 valence electrons. The molecule has 3 aromatic rings. The monoisotopic (exact) mass is 339 g/mol. The Bertz CT molecular complexity index is 1020. The largest absolute Gasteiger partial charge is 0.426 e. The zero-order valence-electron chi connectivity index (χ0n) is 13.4. The van der Waals surface area contributed by atoms with Gasteiger partial charge in [0.25, 0.3) is 0 Å². The normalized spacial score (nSPS) is 10.5. The van der Waals surface area contributed by atoms with Crippen LogP contribution in [0.25, 0.3) is 22.1 Å². The molecule has 0 saturated heterocycles. The molecule has 2 heterocycles. The van der Waals surface area contributed by atoms with E-state index in [2.05, 4.69) is 4.98 Å². The third kappa shape index (κ3) is 3.55. The first-order chi connectivity index (χ1) is 11.9. The number of aromatic nitrogens is 1. The van der Waals surface area contributed by atoms with E-state index in [1.165, 1.54) is 32.2 Å². The molecular weight excluding hydrogens is 326 g/mol. The van der Waals surface area contributed by atoms with Gasteiger partial charge in [-0.3, -0.25) is 14.6 Å². The predicted molar refractivity (Wildman–Crippen MR) is 88.3 cm³/mol. The fraction of sp³-hybridized carbons (Fsp3) is 0.111. The summed E-state index contributed by atoms with van der Waals surface area (Å²) < 4.78 is 15.5. The lowest BCUT2D eigenvalue weighted by Crippen LogP contribution is -2.07. The van der Waals surface area contributed by atoms with E-state index >= 15 is 0 Å². The Morgan fingerprint density at radius 2 is 1.84 bits per heavy atom. The highest BCUT2D eigenvalue weighted by atomic mass is 16.5. The van der Waals surface area contributed by atoms with Crippen LogP contribution in [-0.4, -0.2) is 16.9 Å². The average molecular weight is 339 g/mol. The molecule has 0 atom stereocenters. The number of nitrogens with zero attached hydrogens (tertiary/aromatic N) is 1. The molecule has 7 heteroatoms. The van der Waals surface area contributed by atoms with Crippen molar-refractivity contribution in [2.24, 2.45) is 0 Å². The molecule has 0 aliphatic carbocycles. The zero-order valence-corrected chi connectivity index (χ0v) is 13.4. The summed E-state index contributed by atoms with van der Waals surface area (Å²) in [5.41, 5.74) is 0.382. The Morgan fingerprint density at radius 1 is 1.08 bits per heavy atom.